The van der Waals surface area contributed by atoms with Crippen LogP contribution in [-0.4, -0.2) is 23.9 Å². The lowest BCUT2D eigenvalue weighted by Crippen LogP contribution is -2.34. The van der Waals surface area contributed by atoms with Gasteiger partial charge in [0.15, 0.2) is 0 Å². The van der Waals surface area contributed by atoms with Crippen molar-refractivity contribution in [2.75, 3.05) is 0 Å². The molecule has 1 aliphatic carbocycles. The van der Waals surface area contributed by atoms with Gasteiger partial charge < -0.3 is 9.47 Å². The standard InChI is InChI=1S/C13H14O6/c14-10-6-1-3-8-9(13(17)19-12(8)16)4-2-7(5-6)11(15)18-10/h6-9H,1-5H2. The first kappa shape index (κ1) is 12.3. The van der Waals surface area contributed by atoms with Crippen LogP contribution in [0.1, 0.15) is 32.1 Å². The number of cyclic esters (lactones) is 4. The number of carbonyl (C=O) groups excluding carboxylic acids is 4. The van der Waals surface area contributed by atoms with E-state index in [1.165, 1.54) is 0 Å². The SMILES string of the molecule is O=C1OC(=O)C2CCC3C(=O)OC(=O)C3CCC1C2. The highest BCUT2D eigenvalue weighted by molar-refractivity contribution is 5.96. The van der Waals surface area contributed by atoms with E-state index < -0.39 is 35.7 Å². The normalized spacial score (nSPS) is 38.7. The minimum atomic E-state index is -0.502. The second kappa shape index (κ2) is 4.43. The Kier molecular flexibility index (Phi) is 2.88. The summed E-state index contributed by atoms with van der Waals surface area (Å²) in [5.74, 6) is -3.61. The molecule has 3 rings (SSSR count). The third kappa shape index (κ3) is 2.05. The molecule has 102 valence electrons. The minimum absolute atomic E-state index is 0.343. The molecule has 3 aliphatic rings. The maximum Gasteiger partial charge on any atom is 0.317 e. The highest BCUT2D eigenvalue weighted by Crippen LogP contribution is 2.39. The molecule has 19 heavy (non-hydrogen) atoms. The van der Waals surface area contributed by atoms with Gasteiger partial charge in [-0.15, -0.1) is 0 Å². The van der Waals surface area contributed by atoms with E-state index in [9.17, 15) is 19.2 Å². The van der Waals surface area contributed by atoms with Gasteiger partial charge in [0, 0.05) is 0 Å². The van der Waals surface area contributed by atoms with Crippen molar-refractivity contribution in [3.05, 3.63) is 0 Å². The van der Waals surface area contributed by atoms with Gasteiger partial charge in [-0.1, -0.05) is 0 Å². The smallest absolute Gasteiger partial charge is 0.317 e. The third-order valence-corrected chi connectivity index (χ3v) is 4.38. The van der Waals surface area contributed by atoms with Gasteiger partial charge in [0.05, 0.1) is 23.7 Å². The van der Waals surface area contributed by atoms with Crippen molar-refractivity contribution in [1.29, 1.82) is 0 Å². The predicted octanol–water partition coefficient (Wildman–Crippen LogP) is 0.582. The van der Waals surface area contributed by atoms with E-state index in [-0.39, 0.29) is 11.8 Å². The summed E-state index contributed by atoms with van der Waals surface area (Å²) in [4.78, 5) is 46.4. The van der Waals surface area contributed by atoms with Crippen LogP contribution >= 0.6 is 0 Å². The van der Waals surface area contributed by atoms with Crippen molar-refractivity contribution in [3.63, 3.8) is 0 Å². The van der Waals surface area contributed by atoms with Gasteiger partial charge in [-0.05, 0) is 32.1 Å². The maximum atomic E-state index is 11.6. The van der Waals surface area contributed by atoms with Crippen molar-refractivity contribution in [2.45, 2.75) is 32.1 Å². The number of carbonyl (C=O) groups is 4. The van der Waals surface area contributed by atoms with Crippen molar-refractivity contribution in [1.82, 2.24) is 0 Å². The van der Waals surface area contributed by atoms with Gasteiger partial charge >= 0.3 is 23.9 Å². The van der Waals surface area contributed by atoms with E-state index in [0.717, 1.165) is 0 Å². The molecule has 6 heteroatoms. The molecule has 2 heterocycles. The Morgan fingerprint density at radius 2 is 1.05 bits per heavy atom. The molecule has 0 aromatic carbocycles. The predicted molar refractivity (Wildman–Crippen MR) is 59.2 cm³/mol. The van der Waals surface area contributed by atoms with E-state index in [1.807, 2.05) is 0 Å². The van der Waals surface area contributed by atoms with Crippen LogP contribution in [0.15, 0.2) is 0 Å². The molecular weight excluding hydrogens is 252 g/mol. The molecule has 4 atom stereocenters. The average Bonchev–Trinajstić information content (AvgIpc) is 2.66. The molecular formula is C13H14O6. The molecule has 0 aromatic heterocycles. The van der Waals surface area contributed by atoms with Crippen LogP contribution in [0.3, 0.4) is 0 Å². The number of ether oxygens (including phenoxy) is 2. The first-order chi connectivity index (χ1) is 9.06. The zero-order valence-corrected chi connectivity index (χ0v) is 10.3. The molecule has 0 spiro atoms. The second-order valence-corrected chi connectivity index (χ2v) is 5.48. The Labute approximate surface area is 109 Å². The van der Waals surface area contributed by atoms with Gasteiger partial charge in [0.2, 0.25) is 0 Å². The summed E-state index contributed by atoms with van der Waals surface area (Å²) in [6, 6.07) is 0. The van der Waals surface area contributed by atoms with Gasteiger partial charge in [-0.3, -0.25) is 19.2 Å². The van der Waals surface area contributed by atoms with E-state index in [4.69, 9.17) is 4.74 Å². The van der Waals surface area contributed by atoms with Crippen molar-refractivity contribution < 1.29 is 28.7 Å². The van der Waals surface area contributed by atoms with Crippen LogP contribution in [0.2, 0.25) is 0 Å². The van der Waals surface area contributed by atoms with Crippen molar-refractivity contribution in [3.8, 4) is 0 Å². The lowest BCUT2D eigenvalue weighted by atomic mass is 9.86. The number of fused-ring (bicyclic) bond motifs is 3. The zero-order valence-electron chi connectivity index (χ0n) is 10.3. The summed E-state index contributed by atoms with van der Waals surface area (Å²) < 4.78 is 9.40. The fourth-order valence-electron chi connectivity index (χ4n) is 3.25. The van der Waals surface area contributed by atoms with Crippen LogP contribution in [0, 0.1) is 23.7 Å². The van der Waals surface area contributed by atoms with Gasteiger partial charge in [-0.2, -0.15) is 0 Å². The summed E-state index contributed by atoms with van der Waals surface area (Å²) in [7, 11) is 0. The molecule has 6 nitrogen and oxygen atoms in total. The number of esters is 4. The molecule has 2 bridgehead atoms. The van der Waals surface area contributed by atoms with Gasteiger partial charge in [-0.25, -0.2) is 0 Å². The monoisotopic (exact) mass is 266 g/mol. The molecule has 0 amide bonds. The Morgan fingerprint density at radius 1 is 0.632 bits per heavy atom. The average molecular weight is 266 g/mol. The molecule has 2 saturated heterocycles. The fourth-order valence-corrected chi connectivity index (χ4v) is 3.25. The van der Waals surface area contributed by atoms with Crippen LogP contribution in [0.5, 0.6) is 0 Å². The van der Waals surface area contributed by atoms with Crippen LogP contribution in [0.4, 0.5) is 0 Å². The summed E-state index contributed by atoms with van der Waals surface area (Å²) in [5, 5.41) is 0. The first-order valence-corrected chi connectivity index (χ1v) is 6.57. The Balaban J connectivity index is 1.84. The second-order valence-electron chi connectivity index (χ2n) is 5.48. The van der Waals surface area contributed by atoms with Crippen LogP contribution < -0.4 is 0 Å². The lowest BCUT2D eigenvalue weighted by molar-refractivity contribution is -0.173. The quantitative estimate of drug-likeness (QED) is 0.471. The van der Waals surface area contributed by atoms with E-state index >= 15 is 0 Å². The number of rotatable bonds is 0. The minimum Gasteiger partial charge on any atom is -0.393 e. The third-order valence-electron chi connectivity index (χ3n) is 4.38. The Morgan fingerprint density at radius 3 is 1.53 bits per heavy atom. The van der Waals surface area contributed by atoms with E-state index in [1.54, 1.807) is 0 Å². The largest absolute Gasteiger partial charge is 0.393 e. The topological polar surface area (TPSA) is 86.7 Å². The molecule has 1 saturated carbocycles. The van der Waals surface area contributed by atoms with E-state index in [0.29, 0.717) is 32.1 Å². The lowest BCUT2D eigenvalue weighted by Gasteiger charge is -2.25. The van der Waals surface area contributed by atoms with Crippen LogP contribution in [-0.2, 0) is 28.7 Å². The van der Waals surface area contributed by atoms with E-state index in [2.05, 4.69) is 4.74 Å². The Bertz CT molecular complexity index is 424. The van der Waals surface area contributed by atoms with Crippen molar-refractivity contribution >= 4 is 23.9 Å². The molecule has 0 N–H and O–H groups in total. The summed E-state index contributed by atoms with van der Waals surface area (Å²) >= 11 is 0. The molecule has 3 fully saturated rings. The molecule has 0 aromatic rings. The zero-order chi connectivity index (χ0) is 13.6. The van der Waals surface area contributed by atoms with Gasteiger partial charge in [0.25, 0.3) is 0 Å². The fraction of sp³-hybridized carbons (Fsp3) is 0.692. The molecule has 2 aliphatic heterocycles. The summed E-state index contributed by atoms with van der Waals surface area (Å²) in [5.41, 5.74) is 0. The number of hydrogen-bond acceptors (Lipinski definition) is 6. The molecule has 4 unspecified atom stereocenters. The highest BCUT2D eigenvalue weighted by Gasteiger charge is 2.47. The maximum absolute atomic E-state index is 11.6. The highest BCUT2D eigenvalue weighted by atomic mass is 16.6. The molecule has 0 radical (unpaired) electrons. The first-order valence-electron chi connectivity index (χ1n) is 6.57. The summed E-state index contributed by atoms with van der Waals surface area (Å²) in [6.45, 7) is 0. The summed E-state index contributed by atoms with van der Waals surface area (Å²) in [6.07, 6.45) is 2.28. The number of hydrogen-bond donors (Lipinski definition) is 0. The van der Waals surface area contributed by atoms with Crippen molar-refractivity contribution in [2.24, 2.45) is 23.7 Å². The Hall–Kier alpha value is -1.72. The van der Waals surface area contributed by atoms with Gasteiger partial charge in [0.1, 0.15) is 0 Å². The van der Waals surface area contributed by atoms with Crippen LogP contribution in [0.25, 0.3) is 0 Å².